The molecule has 2 heteroatoms. The third kappa shape index (κ3) is 1.82. The molecule has 0 unspecified atom stereocenters. The van der Waals surface area contributed by atoms with E-state index in [0.29, 0.717) is 0 Å². The van der Waals surface area contributed by atoms with Crippen molar-refractivity contribution in [3.63, 3.8) is 0 Å². The second-order valence-electron chi connectivity index (χ2n) is 5.70. The van der Waals surface area contributed by atoms with Crippen LogP contribution in [0.4, 0.5) is 0 Å². The van der Waals surface area contributed by atoms with Crippen LogP contribution in [0.25, 0.3) is 0 Å². The molecule has 0 spiro atoms. The minimum atomic E-state index is 0.209. The summed E-state index contributed by atoms with van der Waals surface area (Å²) < 4.78 is 2.20. The van der Waals surface area contributed by atoms with Gasteiger partial charge >= 0.3 is 0 Å². The lowest BCUT2D eigenvalue weighted by Crippen LogP contribution is -2.19. The third-order valence-electron chi connectivity index (χ3n) is 3.20. The summed E-state index contributed by atoms with van der Waals surface area (Å²) in [7, 11) is 0. The lowest BCUT2D eigenvalue weighted by atomic mass is 9.88. The summed E-state index contributed by atoms with van der Waals surface area (Å²) in [5, 5.41) is 4.77. The SMILES string of the molecule is CCn1nc(C2CC2)c(C)c1C(C)(C)C. The molecule has 1 fully saturated rings. The summed E-state index contributed by atoms with van der Waals surface area (Å²) in [5.41, 5.74) is 4.43. The van der Waals surface area contributed by atoms with E-state index in [2.05, 4.69) is 39.3 Å². The van der Waals surface area contributed by atoms with E-state index in [9.17, 15) is 0 Å². The fourth-order valence-corrected chi connectivity index (χ4v) is 2.49. The van der Waals surface area contributed by atoms with Gasteiger partial charge in [0.1, 0.15) is 0 Å². The van der Waals surface area contributed by atoms with Crippen LogP contribution in [0.2, 0.25) is 0 Å². The number of rotatable bonds is 2. The summed E-state index contributed by atoms with van der Waals surface area (Å²) in [5.74, 6) is 0.763. The molecule has 1 saturated carbocycles. The summed E-state index contributed by atoms with van der Waals surface area (Å²) in [6.45, 7) is 12.2. The Morgan fingerprint density at radius 2 is 1.93 bits per heavy atom. The summed E-state index contributed by atoms with van der Waals surface area (Å²) in [6.07, 6.45) is 2.68. The van der Waals surface area contributed by atoms with E-state index in [0.717, 1.165) is 12.5 Å². The van der Waals surface area contributed by atoms with Crippen molar-refractivity contribution in [2.45, 2.75) is 65.3 Å². The molecule has 2 nitrogen and oxygen atoms in total. The van der Waals surface area contributed by atoms with Crippen molar-refractivity contribution in [3.05, 3.63) is 17.0 Å². The number of aromatic nitrogens is 2. The van der Waals surface area contributed by atoms with Gasteiger partial charge in [-0.1, -0.05) is 20.8 Å². The van der Waals surface area contributed by atoms with Crippen molar-refractivity contribution in [1.82, 2.24) is 9.78 Å². The Hall–Kier alpha value is -0.790. The predicted molar refractivity (Wildman–Crippen MR) is 63.3 cm³/mol. The molecule has 1 aromatic rings. The van der Waals surface area contributed by atoms with Gasteiger partial charge in [-0.2, -0.15) is 5.10 Å². The first-order valence-corrected chi connectivity index (χ1v) is 6.03. The van der Waals surface area contributed by atoms with E-state index in [-0.39, 0.29) is 5.41 Å². The maximum absolute atomic E-state index is 4.77. The van der Waals surface area contributed by atoms with Crippen LogP contribution in [0.5, 0.6) is 0 Å². The second kappa shape index (κ2) is 3.36. The standard InChI is InChI=1S/C13H22N2/c1-6-15-12(13(3,4)5)9(2)11(14-15)10-7-8-10/h10H,6-8H2,1-5H3. The van der Waals surface area contributed by atoms with Gasteiger partial charge in [0.15, 0.2) is 0 Å². The molecule has 0 aliphatic heterocycles. The molecule has 0 atom stereocenters. The smallest absolute Gasteiger partial charge is 0.0687 e. The quantitative estimate of drug-likeness (QED) is 0.725. The molecular formula is C13H22N2. The summed E-state index contributed by atoms with van der Waals surface area (Å²) in [6, 6.07) is 0. The van der Waals surface area contributed by atoms with Crippen LogP contribution in [0.1, 0.15) is 63.4 Å². The van der Waals surface area contributed by atoms with Crippen LogP contribution >= 0.6 is 0 Å². The van der Waals surface area contributed by atoms with Crippen LogP contribution < -0.4 is 0 Å². The largest absolute Gasteiger partial charge is 0.269 e. The molecule has 0 N–H and O–H groups in total. The highest BCUT2D eigenvalue weighted by molar-refractivity contribution is 5.34. The topological polar surface area (TPSA) is 17.8 Å². The highest BCUT2D eigenvalue weighted by Gasteiger charge is 2.32. The van der Waals surface area contributed by atoms with Crippen LogP contribution in [-0.2, 0) is 12.0 Å². The Morgan fingerprint density at radius 3 is 2.27 bits per heavy atom. The monoisotopic (exact) mass is 206 g/mol. The van der Waals surface area contributed by atoms with Gasteiger partial charge in [-0.3, -0.25) is 4.68 Å². The van der Waals surface area contributed by atoms with E-state index in [1.54, 1.807) is 0 Å². The highest BCUT2D eigenvalue weighted by Crippen LogP contribution is 2.43. The zero-order chi connectivity index (χ0) is 11.2. The minimum Gasteiger partial charge on any atom is -0.269 e. The van der Waals surface area contributed by atoms with Gasteiger partial charge in [0.05, 0.1) is 5.69 Å². The predicted octanol–water partition coefficient (Wildman–Crippen LogP) is 3.39. The Morgan fingerprint density at radius 1 is 1.33 bits per heavy atom. The Bertz CT molecular complexity index is 365. The van der Waals surface area contributed by atoms with Gasteiger partial charge in [-0.05, 0) is 32.3 Å². The maximum Gasteiger partial charge on any atom is 0.0687 e. The van der Waals surface area contributed by atoms with Gasteiger partial charge in [0.25, 0.3) is 0 Å². The van der Waals surface area contributed by atoms with Gasteiger partial charge in [0.2, 0.25) is 0 Å². The van der Waals surface area contributed by atoms with E-state index in [1.165, 1.54) is 29.8 Å². The molecular weight excluding hydrogens is 184 g/mol. The average Bonchev–Trinajstić information content (AvgIpc) is 2.88. The van der Waals surface area contributed by atoms with E-state index in [1.807, 2.05) is 0 Å². The fraction of sp³-hybridized carbons (Fsp3) is 0.769. The van der Waals surface area contributed by atoms with Crippen molar-refractivity contribution >= 4 is 0 Å². The maximum atomic E-state index is 4.77. The molecule has 1 aliphatic rings. The van der Waals surface area contributed by atoms with Crippen molar-refractivity contribution in [2.24, 2.45) is 0 Å². The van der Waals surface area contributed by atoms with Crippen LogP contribution in [-0.4, -0.2) is 9.78 Å². The Kier molecular flexibility index (Phi) is 2.40. The summed E-state index contributed by atoms with van der Waals surface area (Å²) >= 11 is 0. The molecule has 15 heavy (non-hydrogen) atoms. The normalized spacial score (nSPS) is 17.1. The molecule has 0 aromatic carbocycles. The van der Waals surface area contributed by atoms with E-state index >= 15 is 0 Å². The molecule has 2 rings (SSSR count). The summed E-state index contributed by atoms with van der Waals surface area (Å²) in [4.78, 5) is 0. The number of hydrogen-bond donors (Lipinski definition) is 0. The molecule has 1 aromatic heterocycles. The minimum absolute atomic E-state index is 0.209. The lowest BCUT2D eigenvalue weighted by molar-refractivity contribution is 0.494. The highest BCUT2D eigenvalue weighted by atomic mass is 15.3. The van der Waals surface area contributed by atoms with Crippen LogP contribution in [0.3, 0.4) is 0 Å². The zero-order valence-corrected chi connectivity index (χ0v) is 10.6. The second-order valence-corrected chi connectivity index (χ2v) is 5.70. The molecule has 1 heterocycles. The zero-order valence-electron chi connectivity index (χ0n) is 10.6. The molecule has 0 radical (unpaired) electrons. The van der Waals surface area contributed by atoms with Crippen molar-refractivity contribution in [1.29, 1.82) is 0 Å². The first-order valence-electron chi connectivity index (χ1n) is 6.03. The van der Waals surface area contributed by atoms with Crippen LogP contribution in [0, 0.1) is 6.92 Å². The van der Waals surface area contributed by atoms with Crippen molar-refractivity contribution < 1.29 is 0 Å². The first kappa shape index (κ1) is 10.7. The van der Waals surface area contributed by atoms with E-state index in [4.69, 9.17) is 5.10 Å². The number of nitrogens with zero attached hydrogens (tertiary/aromatic N) is 2. The molecule has 0 saturated heterocycles. The van der Waals surface area contributed by atoms with Gasteiger partial charge < -0.3 is 0 Å². The molecule has 1 aliphatic carbocycles. The van der Waals surface area contributed by atoms with Gasteiger partial charge in [-0.15, -0.1) is 0 Å². The number of aryl methyl sites for hydroxylation is 1. The fourth-order valence-electron chi connectivity index (χ4n) is 2.49. The van der Waals surface area contributed by atoms with Gasteiger partial charge in [-0.25, -0.2) is 0 Å². The van der Waals surface area contributed by atoms with Gasteiger partial charge in [0, 0.05) is 23.6 Å². The van der Waals surface area contributed by atoms with Crippen molar-refractivity contribution in [3.8, 4) is 0 Å². The molecule has 0 bridgehead atoms. The van der Waals surface area contributed by atoms with Crippen molar-refractivity contribution in [2.75, 3.05) is 0 Å². The molecule has 0 amide bonds. The van der Waals surface area contributed by atoms with Crippen LogP contribution in [0.15, 0.2) is 0 Å². The lowest BCUT2D eigenvalue weighted by Gasteiger charge is -2.21. The Balaban J connectivity index is 2.50. The third-order valence-corrected chi connectivity index (χ3v) is 3.20. The van der Waals surface area contributed by atoms with E-state index < -0.39 is 0 Å². The first-order chi connectivity index (χ1) is 6.95. The average molecular weight is 206 g/mol. The Labute approximate surface area is 92.7 Å². The molecule has 84 valence electrons. The number of hydrogen-bond acceptors (Lipinski definition) is 1.